The predicted octanol–water partition coefficient (Wildman–Crippen LogP) is 2.93. The summed E-state index contributed by atoms with van der Waals surface area (Å²) in [5.41, 5.74) is 0. The van der Waals surface area contributed by atoms with Gasteiger partial charge in [0.1, 0.15) is 0 Å². The lowest BCUT2D eigenvalue weighted by molar-refractivity contribution is -0.242. The SMILES string of the molecule is CCCCCCCCCCCCN(C)C(C)(O)O.COS(=O)(=O)O. The van der Waals surface area contributed by atoms with Crippen molar-refractivity contribution in [1.29, 1.82) is 0 Å². The minimum Gasteiger partial charge on any atom is -0.353 e. The first-order valence-electron chi connectivity index (χ1n) is 8.73. The average molecular weight is 372 g/mol. The van der Waals surface area contributed by atoms with Crippen LogP contribution in [0.2, 0.25) is 0 Å². The normalized spacial score (nSPS) is 12.2. The van der Waals surface area contributed by atoms with E-state index in [2.05, 4.69) is 11.1 Å². The molecule has 148 valence electrons. The molecule has 0 aromatic rings. The fourth-order valence-electron chi connectivity index (χ4n) is 2.05. The lowest BCUT2D eigenvalue weighted by atomic mass is 10.1. The third kappa shape index (κ3) is 21.8. The molecule has 24 heavy (non-hydrogen) atoms. The third-order valence-corrected chi connectivity index (χ3v) is 4.20. The zero-order chi connectivity index (χ0) is 19.1. The second-order valence-electron chi connectivity index (χ2n) is 6.17. The molecule has 0 spiro atoms. The first-order chi connectivity index (χ1) is 11.0. The minimum absolute atomic E-state index is 0.750. The van der Waals surface area contributed by atoms with Crippen molar-refractivity contribution < 1.29 is 27.4 Å². The molecule has 7 nitrogen and oxygen atoms in total. The molecule has 0 amide bonds. The van der Waals surface area contributed by atoms with E-state index in [9.17, 15) is 18.6 Å². The van der Waals surface area contributed by atoms with Gasteiger partial charge < -0.3 is 10.2 Å². The Hall–Kier alpha value is -0.250. The second kappa shape index (κ2) is 15.0. The number of nitrogens with zero attached hydrogens (tertiary/aromatic N) is 1. The van der Waals surface area contributed by atoms with Gasteiger partial charge in [-0.2, -0.15) is 8.42 Å². The van der Waals surface area contributed by atoms with Crippen molar-refractivity contribution >= 4 is 10.4 Å². The van der Waals surface area contributed by atoms with Crippen LogP contribution in [-0.4, -0.2) is 54.7 Å². The Balaban J connectivity index is 0. The fraction of sp³-hybridized carbons (Fsp3) is 1.00. The summed E-state index contributed by atoms with van der Waals surface area (Å²) in [5.74, 6) is -1.67. The van der Waals surface area contributed by atoms with E-state index >= 15 is 0 Å². The van der Waals surface area contributed by atoms with E-state index in [1.54, 1.807) is 11.9 Å². The summed E-state index contributed by atoms with van der Waals surface area (Å²) in [6, 6.07) is 0. The molecule has 0 aliphatic carbocycles. The van der Waals surface area contributed by atoms with Gasteiger partial charge in [-0.15, -0.1) is 0 Å². The van der Waals surface area contributed by atoms with Gasteiger partial charge in [0.2, 0.25) is 5.91 Å². The molecule has 0 aromatic carbocycles. The Bertz CT molecular complexity index is 367. The van der Waals surface area contributed by atoms with Crippen molar-refractivity contribution in [3.63, 3.8) is 0 Å². The summed E-state index contributed by atoms with van der Waals surface area (Å²) in [6.07, 6.45) is 13.1. The Labute approximate surface area is 148 Å². The van der Waals surface area contributed by atoms with Gasteiger partial charge in [-0.1, -0.05) is 64.7 Å². The Morgan fingerprint density at radius 1 is 0.917 bits per heavy atom. The number of hydrogen-bond acceptors (Lipinski definition) is 6. The van der Waals surface area contributed by atoms with Gasteiger partial charge in [0.05, 0.1) is 7.11 Å². The van der Waals surface area contributed by atoms with Crippen molar-refractivity contribution in [3.8, 4) is 0 Å². The summed E-state index contributed by atoms with van der Waals surface area (Å²) in [4.78, 5) is 1.58. The number of rotatable bonds is 13. The van der Waals surface area contributed by atoms with Gasteiger partial charge in [-0.05, 0) is 13.5 Å². The van der Waals surface area contributed by atoms with Gasteiger partial charge >= 0.3 is 10.4 Å². The third-order valence-electron chi connectivity index (χ3n) is 3.78. The van der Waals surface area contributed by atoms with Crippen LogP contribution in [0.25, 0.3) is 0 Å². The van der Waals surface area contributed by atoms with E-state index in [0.717, 1.165) is 20.1 Å². The monoisotopic (exact) mass is 371 g/mol. The van der Waals surface area contributed by atoms with Crippen molar-refractivity contribution in [3.05, 3.63) is 0 Å². The highest BCUT2D eigenvalue weighted by Crippen LogP contribution is 2.11. The average Bonchev–Trinajstić information content (AvgIpc) is 2.48. The molecule has 0 fully saturated rings. The molecular weight excluding hydrogens is 334 g/mol. The Morgan fingerprint density at radius 3 is 1.54 bits per heavy atom. The van der Waals surface area contributed by atoms with Crippen LogP contribution in [0.15, 0.2) is 0 Å². The lowest BCUT2D eigenvalue weighted by Gasteiger charge is -2.28. The molecule has 0 saturated heterocycles. The largest absolute Gasteiger partial charge is 0.397 e. The van der Waals surface area contributed by atoms with Crippen molar-refractivity contribution in [2.45, 2.75) is 84.0 Å². The minimum atomic E-state index is -4.16. The second-order valence-corrected chi connectivity index (χ2v) is 7.36. The first-order valence-corrected chi connectivity index (χ1v) is 10.1. The Morgan fingerprint density at radius 2 is 1.25 bits per heavy atom. The van der Waals surface area contributed by atoms with E-state index in [-0.39, 0.29) is 0 Å². The standard InChI is InChI=1S/C15H33NO2.CH4O4S/c1-4-5-6-7-8-9-10-11-12-13-14-16(3)15(2,17)18;1-5-6(2,3)4/h17-18H,4-14H2,1-3H3;1H3,(H,2,3,4). The molecule has 3 N–H and O–H groups in total. The van der Waals surface area contributed by atoms with Crippen LogP contribution in [0, 0.1) is 0 Å². The summed E-state index contributed by atoms with van der Waals surface area (Å²) in [6.45, 7) is 4.41. The molecule has 0 aromatic heterocycles. The molecular formula is C16H37NO6S. The maximum absolute atomic E-state index is 9.33. The van der Waals surface area contributed by atoms with Crippen LogP contribution in [-0.2, 0) is 14.6 Å². The summed E-state index contributed by atoms with van der Waals surface area (Å²) in [5, 5.41) is 18.6. The topological polar surface area (TPSA) is 107 Å². The summed E-state index contributed by atoms with van der Waals surface area (Å²) >= 11 is 0. The molecule has 0 rings (SSSR count). The summed E-state index contributed by atoms with van der Waals surface area (Å²) < 4.78 is 29.7. The molecule has 0 aliphatic rings. The molecule has 0 bridgehead atoms. The summed E-state index contributed by atoms with van der Waals surface area (Å²) in [7, 11) is -1.55. The van der Waals surface area contributed by atoms with Gasteiger partial charge in [-0.3, -0.25) is 13.6 Å². The highest BCUT2D eigenvalue weighted by molar-refractivity contribution is 7.80. The zero-order valence-electron chi connectivity index (χ0n) is 15.7. The molecule has 0 heterocycles. The highest BCUT2D eigenvalue weighted by Gasteiger charge is 2.20. The van der Waals surface area contributed by atoms with Gasteiger partial charge in [0, 0.05) is 13.5 Å². The maximum Gasteiger partial charge on any atom is 0.397 e. The lowest BCUT2D eigenvalue weighted by Crippen LogP contribution is -2.43. The van der Waals surface area contributed by atoms with Gasteiger partial charge in [-0.25, -0.2) is 0 Å². The molecule has 0 unspecified atom stereocenters. The van der Waals surface area contributed by atoms with E-state index < -0.39 is 16.3 Å². The maximum atomic E-state index is 9.33. The van der Waals surface area contributed by atoms with Crippen molar-refractivity contribution in [2.24, 2.45) is 0 Å². The first kappa shape index (κ1) is 26.0. The number of unbranched alkanes of at least 4 members (excludes halogenated alkanes) is 9. The van der Waals surface area contributed by atoms with Crippen LogP contribution in [0.3, 0.4) is 0 Å². The van der Waals surface area contributed by atoms with Crippen molar-refractivity contribution in [2.75, 3.05) is 20.7 Å². The van der Waals surface area contributed by atoms with E-state index in [1.165, 1.54) is 64.7 Å². The molecule has 0 saturated carbocycles. The number of aliphatic hydroxyl groups is 2. The Kier molecular flexibility index (Phi) is 16.3. The molecule has 0 atom stereocenters. The smallest absolute Gasteiger partial charge is 0.353 e. The fourth-order valence-corrected chi connectivity index (χ4v) is 2.05. The van der Waals surface area contributed by atoms with E-state index in [4.69, 9.17) is 4.55 Å². The van der Waals surface area contributed by atoms with Crippen LogP contribution >= 0.6 is 0 Å². The van der Waals surface area contributed by atoms with Crippen LogP contribution in [0.4, 0.5) is 0 Å². The van der Waals surface area contributed by atoms with Gasteiger partial charge in [0.25, 0.3) is 0 Å². The molecule has 8 heteroatoms. The van der Waals surface area contributed by atoms with Crippen molar-refractivity contribution in [1.82, 2.24) is 4.90 Å². The van der Waals surface area contributed by atoms with Crippen LogP contribution < -0.4 is 0 Å². The quantitative estimate of drug-likeness (QED) is 0.259. The molecule has 0 aliphatic heterocycles. The van der Waals surface area contributed by atoms with E-state index in [1.807, 2.05) is 0 Å². The van der Waals surface area contributed by atoms with Crippen LogP contribution in [0.5, 0.6) is 0 Å². The number of hydrogen-bond donors (Lipinski definition) is 3. The van der Waals surface area contributed by atoms with Gasteiger partial charge in [0.15, 0.2) is 0 Å². The molecule has 0 radical (unpaired) electrons. The highest BCUT2D eigenvalue weighted by atomic mass is 32.3. The van der Waals surface area contributed by atoms with E-state index in [0.29, 0.717) is 0 Å². The predicted molar refractivity (Wildman–Crippen MR) is 95.9 cm³/mol. The zero-order valence-corrected chi connectivity index (χ0v) is 16.5. The van der Waals surface area contributed by atoms with Crippen LogP contribution in [0.1, 0.15) is 78.1 Å².